The van der Waals surface area contributed by atoms with Crippen LogP contribution in [-0.2, 0) is 9.53 Å². The van der Waals surface area contributed by atoms with Gasteiger partial charge < -0.3 is 15.0 Å². The number of ether oxygens (including phenoxy) is 1. The number of nitrogens with one attached hydrogen (secondary N) is 1. The Morgan fingerprint density at radius 2 is 2.21 bits per heavy atom. The summed E-state index contributed by atoms with van der Waals surface area (Å²) in [4.78, 5) is 13.5. The Bertz CT molecular complexity index is 182. The minimum absolute atomic E-state index is 0. The maximum Gasteiger partial charge on any atom is 0.242 e. The molecule has 1 saturated heterocycles. The minimum atomic E-state index is -0.152. The average Bonchev–Trinajstić information content (AvgIpc) is 2.17. The third kappa shape index (κ3) is 3.44. The fraction of sp³-hybridized carbons (Fsp3) is 0.889. The standard InChI is InChI=1S/C9H18N2O2.ClH/c1-7(2)11(3)9(12)8-6-13-5-4-10-8;/h7-8,10H,4-6H2,1-3H3;1H. The van der Waals surface area contributed by atoms with Gasteiger partial charge in [-0.15, -0.1) is 12.4 Å². The van der Waals surface area contributed by atoms with Crippen molar-refractivity contribution in [2.45, 2.75) is 25.9 Å². The molecule has 1 N–H and O–H groups in total. The molecule has 0 saturated carbocycles. The molecule has 0 aromatic heterocycles. The molecule has 1 fully saturated rings. The first-order valence-electron chi connectivity index (χ1n) is 4.70. The minimum Gasteiger partial charge on any atom is -0.378 e. The lowest BCUT2D eigenvalue weighted by molar-refractivity contribution is -0.136. The number of carbonyl (C=O) groups excluding carboxylic acids is 1. The van der Waals surface area contributed by atoms with E-state index < -0.39 is 0 Å². The van der Waals surface area contributed by atoms with Crippen LogP contribution in [0.4, 0.5) is 0 Å². The van der Waals surface area contributed by atoms with E-state index in [4.69, 9.17) is 4.74 Å². The third-order valence-electron chi connectivity index (χ3n) is 2.34. The first-order chi connectivity index (χ1) is 6.13. The molecule has 1 aliphatic heterocycles. The highest BCUT2D eigenvalue weighted by molar-refractivity contribution is 5.85. The number of likely N-dealkylation sites (N-methyl/N-ethyl adjacent to an activating group) is 1. The summed E-state index contributed by atoms with van der Waals surface area (Å²) in [5.41, 5.74) is 0. The molecule has 1 amide bonds. The predicted molar refractivity (Wildman–Crippen MR) is 57.8 cm³/mol. The summed E-state index contributed by atoms with van der Waals surface area (Å²) >= 11 is 0. The molecule has 5 heteroatoms. The monoisotopic (exact) mass is 222 g/mol. The van der Waals surface area contributed by atoms with Gasteiger partial charge in [-0.2, -0.15) is 0 Å². The Morgan fingerprint density at radius 1 is 1.57 bits per heavy atom. The molecule has 0 aliphatic carbocycles. The van der Waals surface area contributed by atoms with Crippen molar-refractivity contribution in [3.63, 3.8) is 0 Å². The number of morpholine rings is 1. The summed E-state index contributed by atoms with van der Waals surface area (Å²) in [6.45, 7) is 5.97. The second-order valence-corrected chi connectivity index (χ2v) is 3.62. The zero-order valence-corrected chi connectivity index (χ0v) is 9.76. The summed E-state index contributed by atoms with van der Waals surface area (Å²) in [7, 11) is 1.82. The molecule has 84 valence electrons. The van der Waals surface area contributed by atoms with Crippen LogP contribution in [0.3, 0.4) is 0 Å². The molecule has 1 atom stereocenters. The summed E-state index contributed by atoms with van der Waals surface area (Å²) in [6.07, 6.45) is 0. The molecule has 0 aromatic rings. The van der Waals surface area contributed by atoms with Gasteiger partial charge >= 0.3 is 0 Å². The zero-order chi connectivity index (χ0) is 9.84. The summed E-state index contributed by atoms with van der Waals surface area (Å²) in [5, 5.41) is 3.14. The molecule has 0 radical (unpaired) electrons. The topological polar surface area (TPSA) is 41.6 Å². The van der Waals surface area contributed by atoms with E-state index in [2.05, 4.69) is 5.32 Å². The number of amides is 1. The molecule has 0 bridgehead atoms. The number of halogens is 1. The molecule has 1 unspecified atom stereocenters. The van der Waals surface area contributed by atoms with Crippen molar-refractivity contribution in [1.29, 1.82) is 0 Å². The molecule has 0 aromatic carbocycles. The van der Waals surface area contributed by atoms with Gasteiger partial charge in [0.25, 0.3) is 0 Å². The van der Waals surface area contributed by atoms with E-state index in [1.807, 2.05) is 20.9 Å². The van der Waals surface area contributed by atoms with Crippen LogP contribution in [0.15, 0.2) is 0 Å². The molecule has 0 spiro atoms. The van der Waals surface area contributed by atoms with Crippen molar-refractivity contribution in [2.75, 3.05) is 26.8 Å². The lowest BCUT2D eigenvalue weighted by Crippen LogP contribution is -2.52. The summed E-state index contributed by atoms with van der Waals surface area (Å²) in [6, 6.07) is 0.0948. The van der Waals surface area contributed by atoms with Crippen LogP contribution >= 0.6 is 12.4 Å². The van der Waals surface area contributed by atoms with Crippen molar-refractivity contribution < 1.29 is 9.53 Å². The van der Waals surface area contributed by atoms with Gasteiger partial charge in [-0.05, 0) is 13.8 Å². The van der Waals surface area contributed by atoms with Gasteiger partial charge in [-0.3, -0.25) is 4.79 Å². The predicted octanol–water partition coefficient (Wildman–Crippen LogP) is 0.263. The van der Waals surface area contributed by atoms with Gasteiger partial charge in [0.15, 0.2) is 0 Å². The Kier molecular flexibility index (Phi) is 6.08. The van der Waals surface area contributed by atoms with Gasteiger partial charge in [0, 0.05) is 19.6 Å². The lowest BCUT2D eigenvalue weighted by atomic mass is 10.2. The molecule has 1 heterocycles. The van der Waals surface area contributed by atoms with E-state index in [0.29, 0.717) is 13.2 Å². The van der Waals surface area contributed by atoms with E-state index in [9.17, 15) is 4.79 Å². The third-order valence-corrected chi connectivity index (χ3v) is 2.34. The Morgan fingerprint density at radius 3 is 2.64 bits per heavy atom. The van der Waals surface area contributed by atoms with Crippen LogP contribution in [0, 0.1) is 0 Å². The largest absolute Gasteiger partial charge is 0.378 e. The fourth-order valence-electron chi connectivity index (χ4n) is 1.22. The van der Waals surface area contributed by atoms with Crippen molar-refractivity contribution in [2.24, 2.45) is 0 Å². The van der Waals surface area contributed by atoms with E-state index in [0.717, 1.165) is 6.54 Å². The van der Waals surface area contributed by atoms with E-state index in [1.54, 1.807) is 4.90 Å². The highest BCUT2D eigenvalue weighted by atomic mass is 35.5. The van der Waals surface area contributed by atoms with Crippen molar-refractivity contribution >= 4 is 18.3 Å². The maximum absolute atomic E-state index is 11.7. The highest BCUT2D eigenvalue weighted by Crippen LogP contribution is 2.01. The molecular formula is C9H19ClN2O2. The van der Waals surface area contributed by atoms with E-state index in [1.165, 1.54) is 0 Å². The number of hydrogen-bond acceptors (Lipinski definition) is 3. The average molecular weight is 223 g/mol. The van der Waals surface area contributed by atoms with Crippen LogP contribution in [0.25, 0.3) is 0 Å². The van der Waals surface area contributed by atoms with Gasteiger partial charge in [-0.25, -0.2) is 0 Å². The van der Waals surface area contributed by atoms with Crippen LogP contribution in [0.1, 0.15) is 13.8 Å². The maximum atomic E-state index is 11.7. The van der Waals surface area contributed by atoms with Gasteiger partial charge in [-0.1, -0.05) is 0 Å². The van der Waals surface area contributed by atoms with E-state index in [-0.39, 0.29) is 30.4 Å². The van der Waals surface area contributed by atoms with Crippen molar-refractivity contribution in [3.8, 4) is 0 Å². The quantitative estimate of drug-likeness (QED) is 0.729. The van der Waals surface area contributed by atoms with Gasteiger partial charge in [0.2, 0.25) is 5.91 Å². The fourth-order valence-corrected chi connectivity index (χ4v) is 1.22. The Labute approximate surface area is 91.4 Å². The SMILES string of the molecule is CC(C)N(C)C(=O)C1COCCN1.Cl. The molecule has 14 heavy (non-hydrogen) atoms. The van der Waals surface area contributed by atoms with Crippen molar-refractivity contribution in [1.82, 2.24) is 10.2 Å². The van der Waals surface area contributed by atoms with Crippen LogP contribution in [0.2, 0.25) is 0 Å². The van der Waals surface area contributed by atoms with E-state index >= 15 is 0 Å². The number of nitrogens with zero attached hydrogens (tertiary/aromatic N) is 1. The van der Waals surface area contributed by atoms with Gasteiger partial charge in [0.05, 0.1) is 13.2 Å². The van der Waals surface area contributed by atoms with Crippen molar-refractivity contribution in [3.05, 3.63) is 0 Å². The second-order valence-electron chi connectivity index (χ2n) is 3.62. The Balaban J connectivity index is 0.00000169. The first kappa shape index (κ1) is 13.7. The molecule has 1 rings (SSSR count). The number of carbonyl (C=O) groups is 1. The van der Waals surface area contributed by atoms with Crippen LogP contribution < -0.4 is 5.32 Å². The molecule has 1 aliphatic rings. The number of rotatable bonds is 2. The first-order valence-corrected chi connectivity index (χ1v) is 4.70. The number of hydrogen-bond donors (Lipinski definition) is 1. The molecular weight excluding hydrogens is 204 g/mol. The Hall–Kier alpha value is -0.320. The normalized spacial score (nSPS) is 21.6. The smallest absolute Gasteiger partial charge is 0.242 e. The summed E-state index contributed by atoms with van der Waals surface area (Å²) < 4.78 is 5.22. The second kappa shape index (κ2) is 6.22. The highest BCUT2D eigenvalue weighted by Gasteiger charge is 2.25. The molecule has 4 nitrogen and oxygen atoms in total. The van der Waals surface area contributed by atoms with Crippen LogP contribution in [-0.4, -0.2) is 49.7 Å². The summed E-state index contributed by atoms with van der Waals surface area (Å²) in [5.74, 6) is 0.120. The zero-order valence-electron chi connectivity index (χ0n) is 8.95. The lowest BCUT2D eigenvalue weighted by Gasteiger charge is -2.29. The van der Waals surface area contributed by atoms with Crippen LogP contribution in [0.5, 0.6) is 0 Å². The van der Waals surface area contributed by atoms with Gasteiger partial charge in [0.1, 0.15) is 6.04 Å².